The summed E-state index contributed by atoms with van der Waals surface area (Å²) in [4.78, 5) is 4.89. The molecule has 1 aliphatic rings. The van der Waals surface area contributed by atoms with E-state index in [4.69, 9.17) is 5.73 Å². The highest BCUT2D eigenvalue weighted by Gasteiger charge is 2.33. The van der Waals surface area contributed by atoms with Gasteiger partial charge in [0.05, 0.1) is 0 Å². The Morgan fingerprint density at radius 2 is 1.84 bits per heavy atom. The van der Waals surface area contributed by atoms with Crippen LogP contribution in [0.1, 0.15) is 40.5 Å². The van der Waals surface area contributed by atoms with Gasteiger partial charge in [-0.15, -0.1) is 0 Å². The fraction of sp³-hybridized carbons (Fsp3) is 1.00. The van der Waals surface area contributed by atoms with E-state index in [-0.39, 0.29) is 0 Å². The maximum absolute atomic E-state index is 6.43. The first kappa shape index (κ1) is 16.9. The lowest BCUT2D eigenvalue weighted by atomic mass is 9.72. The van der Waals surface area contributed by atoms with Crippen molar-refractivity contribution >= 4 is 0 Å². The molecule has 0 amide bonds. The summed E-state index contributed by atoms with van der Waals surface area (Å²) >= 11 is 0. The lowest BCUT2D eigenvalue weighted by molar-refractivity contribution is 0.0914. The van der Waals surface area contributed by atoms with Gasteiger partial charge in [-0.1, -0.05) is 20.8 Å². The highest BCUT2D eigenvalue weighted by molar-refractivity contribution is 4.88. The van der Waals surface area contributed by atoms with Crippen LogP contribution in [0.2, 0.25) is 0 Å². The van der Waals surface area contributed by atoms with E-state index < -0.39 is 0 Å². The molecule has 0 aromatic heterocycles. The van der Waals surface area contributed by atoms with Gasteiger partial charge in [0.25, 0.3) is 0 Å². The molecule has 0 aromatic carbocycles. The highest BCUT2D eigenvalue weighted by Crippen LogP contribution is 2.33. The third kappa shape index (κ3) is 5.05. The van der Waals surface area contributed by atoms with Crippen molar-refractivity contribution in [2.45, 2.75) is 52.6 Å². The largest absolute Gasteiger partial charge is 0.327 e. The molecule has 0 radical (unpaired) electrons. The third-order valence-corrected chi connectivity index (χ3v) is 4.83. The van der Waals surface area contributed by atoms with Gasteiger partial charge in [-0.05, 0) is 58.2 Å². The Morgan fingerprint density at radius 3 is 2.32 bits per heavy atom. The molecule has 5 unspecified atom stereocenters. The van der Waals surface area contributed by atoms with Crippen molar-refractivity contribution in [3.8, 4) is 0 Å². The fourth-order valence-electron chi connectivity index (χ4n) is 3.82. The summed E-state index contributed by atoms with van der Waals surface area (Å²) in [5.74, 6) is 2.23. The zero-order valence-corrected chi connectivity index (χ0v) is 13.9. The van der Waals surface area contributed by atoms with Gasteiger partial charge in [0.1, 0.15) is 0 Å². The molecule has 0 aromatic rings. The van der Waals surface area contributed by atoms with E-state index in [2.05, 4.69) is 51.6 Å². The van der Waals surface area contributed by atoms with Gasteiger partial charge in [0.2, 0.25) is 0 Å². The lowest BCUT2D eigenvalue weighted by Gasteiger charge is -2.42. The minimum absolute atomic E-state index is 0.388. The Labute approximate surface area is 120 Å². The SMILES string of the molecule is CCN(CC1C(C)CC(C)CC1N)C(C)CN(C)C. The van der Waals surface area contributed by atoms with Gasteiger partial charge in [-0.2, -0.15) is 0 Å². The molecule has 0 aliphatic heterocycles. The smallest absolute Gasteiger partial charge is 0.0194 e. The van der Waals surface area contributed by atoms with Gasteiger partial charge in [-0.25, -0.2) is 0 Å². The quantitative estimate of drug-likeness (QED) is 0.803. The molecule has 1 fully saturated rings. The molecule has 3 heteroatoms. The second-order valence-corrected chi connectivity index (χ2v) is 7.08. The van der Waals surface area contributed by atoms with Crippen molar-refractivity contribution < 1.29 is 0 Å². The minimum atomic E-state index is 0.388. The molecule has 1 rings (SSSR count). The predicted molar refractivity (Wildman–Crippen MR) is 84.3 cm³/mol. The molecule has 2 N–H and O–H groups in total. The average molecular weight is 269 g/mol. The number of hydrogen-bond acceptors (Lipinski definition) is 3. The Balaban J connectivity index is 2.59. The van der Waals surface area contributed by atoms with Crippen molar-refractivity contribution in [2.75, 3.05) is 33.7 Å². The second-order valence-electron chi connectivity index (χ2n) is 7.08. The standard InChI is InChI=1S/C16H35N3/c1-7-19(14(4)10-18(5)6)11-15-13(3)8-12(2)9-16(15)17/h12-16H,7-11,17H2,1-6H3. The summed E-state index contributed by atoms with van der Waals surface area (Å²) in [7, 11) is 4.31. The Kier molecular flexibility index (Phi) is 6.78. The molecule has 0 bridgehead atoms. The van der Waals surface area contributed by atoms with E-state index in [1.807, 2.05) is 0 Å². The fourth-order valence-corrected chi connectivity index (χ4v) is 3.82. The van der Waals surface area contributed by atoms with Crippen LogP contribution in [0.25, 0.3) is 0 Å². The minimum Gasteiger partial charge on any atom is -0.327 e. The van der Waals surface area contributed by atoms with Crippen LogP contribution < -0.4 is 5.73 Å². The number of likely N-dealkylation sites (N-methyl/N-ethyl adjacent to an activating group) is 2. The third-order valence-electron chi connectivity index (χ3n) is 4.83. The van der Waals surface area contributed by atoms with Crippen molar-refractivity contribution in [3.63, 3.8) is 0 Å². The van der Waals surface area contributed by atoms with Gasteiger partial charge in [-0.3, -0.25) is 4.90 Å². The summed E-state index contributed by atoms with van der Waals surface area (Å²) in [6, 6.07) is 0.998. The molecule has 0 heterocycles. The zero-order chi connectivity index (χ0) is 14.6. The molecule has 0 spiro atoms. The topological polar surface area (TPSA) is 32.5 Å². The summed E-state index contributed by atoms with van der Waals surface area (Å²) < 4.78 is 0. The van der Waals surface area contributed by atoms with Gasteiger partial charge in [0, 0.05) is 25.2 Å². The van der Waals surface area contributed by atoms with E-state index in [0.29, 0.717) is 18.0 Å². The number of nitrogens with zero attached hydrogens (tertiary/aromatic N) is 2. The van der Waals surface area contributed by atoms with Crippen LogP contribution in [0, 0.1) is 17.8 Å². The van der Waals surface area contributed by atoms with E-state index in [9.17, 15) is 0 Å². The van der Waals surface area contributed by atoms with Gasteiger partial charge in [0.15, 0.2) is 0 Å². The first-order valence-electron chi connectivity index (χ1n) is 7.99. The molecule has 3 nitrogen and oxygen atoms in total. The maximum Gasteiger partial charge on any atom is 0.0194 e. The molecular weight excluding hydrogens is 234 g/mol. The summed E-state index contributed by atoms with van der Waals surface area (Å²) in [5.41, 5.74) is 6.43. The van der Waals surface area contributed by atoms with Crippen molar-refractivity contribution in [2.24, 2.45) is 23.5 Å². The van der Waals surface area contributed by atoms with Gasteiger partial charge < -0.3 is 10.6 Å². The van der Waals surface area contributed by atoms with Crippen LogP contribution in [0.4, 0.5) is 0 Å². The molecule has 5 atom stereocenters. The predicted octanol–water partition coefficient (Wildman–Crippen LogP) is 2.27. The summed E-state index contributed by atoms with van der Waals surface area (Å²) in [6.45, 7) is 12.8. The average Bonchev–Trinajstić information content (AvgIpc) is 2.26. The van der Waals surface area contributed by atoms with Crippen molar-refractivity contribution in [1.29, 1.82) is 0 Å². The molecule has 114 valence electrons. The molecular formula is C16H35N3. The number of nitrogens with two attached hydrogens (primary N) is 1. The zero-order valence-electron chi connectivity index (χ0n) is 13.9. The van der Waals surface area contributed by atoms with Gasteiger partial charge >= 0.3 is 0 Å². The molecule has 0 saturated heterocycles. The Bertz CT molecular complexity index is 242. The normalized spacial score (nSPS) is 33.9. The number of rotatable bonds is 6. The molecule has 19 heavy (non-hydrogen) atoms. The lowest BCUT2D eigenvalue weighted by Crippen LogP contribution is -2.50. The summed E-state index contributed by atoms with van der Waals surface area (Å²) in [6.07, 6.45) is 2.55. The number of hydrogen-bond donors (Lipinski definition) is 1. The first-order valence-corrected chi connectivity index (χ1v) is 7.99. The van der Waals surface area contributed by atoms with Crippen LogP contribution in [-0.2, 0) is 0 Å². The maximum atomic E-state index is 6.43. The van der Waals surface area contributed by atoms with E-state index in [1.165, 1.54) is 19.4 Å². The first-order chi connectivity index (χ1) is 8.85. The second kappa shape index (κ2) is 7.61. The Hall–Kier alpha value is -0.120. The van der Waals surface area contributed by atoms with Crippen LogP contribution in [-0.4, -0.2) is 55.6 Å². The molecule has 1 aliphatic carbocycles. The van der Waals surface area contributed by atoms with E-state index in [0.717, 1.165) is 24.9 Å². The summed E-state index contributed by atoms with van der Waals surface area (Å²) in [5, 5.41) is 0. The molecule has 1 saturated carbocycles. The monoisotopic (exact) mass is 269 g/mol. The van der Waals surface area contributed by atoms with Crippen LogP contribution in [0.5, 0.6) is 0 Å². The van der Waals surface area contributed by atoms with Crippen molar-refractivity contribution in [3.05, 3.63) is 0 Å². The van der Waals surface area contributed by atoms with Crippen LogP contribution in [0.15, 0.2) is 0 Å². The highest BCUT2D eigenvalue weighted by atomic mass is 15.2. The van der Waals surface area contributed by atoms with Crippen LogP contribution >= 0.6 is 0 Å². The van der Waals surface area contributed by atoms with Crippen molar-refractivity contribution in [1.82, 2.24) is 9.80 Å². The Morgan fingerprint density at radius 1 is 1.21 bits per heavy atom. The van der Waals surface area contributed by atoms with E-state index in [1.54, 1.807) is 0 Å². The van der Waals surface area contributed by atoms with E-state index >= 15 is 0 Å². The van der Waals surface area contributed by atoms with Crippen LogP contribution in [0.3, 0.4) is 0 Å².